The van der Waals surface area contributed by atoms with Crippen LogP contribution >= 0.6 is 0 Å². The van der Waals surface area contributed by atoms with Crippen LogP contribution in [0.3, 0.4) is 0 Å². The van der Waals surface area contributed by atoms with E-state index in [4.69, 9.17) is 11.0 Å². The summed E-state index contributed by atoms with van der Waals surface area (Å²) in [6.07, 6.45) is 0. The predicted octanol–water partition coefficient (Wildman–Crippen LogP) is 1.34. The molecule has 0 saturated heterocycles. The summed E-state index contributed by atoms with van der Waals surface area (Å²) in [5.74, 6) is 0. The molecule has 1 rings (SSSR count). The third-order valence-electron chi connectivity index (χ3n) is 2.58. The molecule has 0 aromatic heterocycles. The monoisotopic (exact) mass is 203 g/mol. The van der Waals surface area contributed by atoms with Crippen molar-refractivity contribution in [2.24, 2.45) is 5.73 Å². The maximum atomic E-state index is 8.77. The Labute approximate surface area is 91.1 Å². The number of rotatable bonds is 4. The number of nitriles is 1. The Morgan fingerprint density at radius 1 is 1.53 bits per heavy atom. The van der Waals surface area contributed by atoms with Gasteiger partial charge in [0.1, 0.15) is 0 Å². The lowest BCUT2D eigenvalue weighted by Gasteiger charge is -2.23. The van der Waals surface area contributed by atoms with Crippen LogP contribution in [0.4, 0.5) is 0 Å². The van der Waals surface area contributed by atoms with Crippen LogP contribution in [0, 0.1) is 11.3 Å². The Balaban J connectivity index is 2.68. The first kappa shape index (κ1) is 11.7. The molecule has 3 heteroatoms. The molecule has 0 bridgehead atoms. The number of likely N-dealkylation sites (N-methyl/N-ethyl adjacent to an activating group) is 1. The first-order chi connectivity index (χ1) is 7.17. The van der Waals surface area contributed by atoms with E-state index in [0.717, 1.165) is 12.1 Å². The maximum Gasteiger partial charge on any atom is 0.0991 e. The molecule has 1 unspecified atom stereocenters. The largest absolute Gasteiger partial charge is 0.329 e. The molecule has 80 valence electrons. The molecule has 0 aliphatic heterocycles. The summed E-state index contributed by atoms with van der Waals surface area (Å²) in [5, 5.41) is 8.77. The van der Waals surface area contributed by atoms with Gasteiger partial charge in [0.25, 0.3) is 0 Å². The number of benzene rings is 1. The molecule has 3 nitrogen and oxygen atoms in total. The lowest BCUT2D eigenvalue weighted by Crippen LogP contribution is -2.34. The van der Waals surface area contributed by atoms with E-state index in [1.807, 2.05) is 31.3 Å². The summed E-state index contributed by atoms with van der Waals surface area (Å²) in [7, 11) is 2.04. The van der Waals surface area contributed by atoms with Crippen molar-refractivity contribution in [3.63, 3.8) is 0 Å². The molecule has 0 spiro atoms. The zero-order valence-corrected chi connectivity index (χ0v) is 9.27. The second-order valence-corrected chi connectivity index (χ2v) is 3.81. The fourth-order valence-electron chi connectivity index (χ4n) is 1.36. The normalized spacial score (nSPS) is 12.5. The van der Waals surface area contributed by atoms with Gasteiger partial charge in [0.2, 0.25) is 0 Å². The van der Waals surface area contributed by atoms with Gasteiger partial charge in [-0.05, 0) is 31.7 Å². The van der Waals surface area contributed by atoms with Gasteiger partial charge in [-0.2, -0.15) is 5.26 Å². The van der Waals surface area contributed by atoms with Gasteiger partial charge >= 0.3 is 0 Å². The van der Waals surface area contributed by atoms with Crippen molar-refractivity contribution < 1.29 is 0 Å². The van der Waals surface area contributed by atoms with E-state index in [-0.39, 0.29) is 0 Å². The summed E-state index contributed by atoms with van der Waals surface area (Å²) < 4.78 is 0. The van der Waals surface area contributed by atoms with Gasteiger partial charge in [0.15, 0.2) is 0 Å². The average molecular weight is 203 g/mol. The fourth-order valence-corrected chi connectivity index (χ4v) is 1.36. The quantitative estimate of drug-likeness (QED) is 0.803. The van der Waals surface area contributed by atoms with Crippen LogP contribution < -0.4 is 5.73 Å². The summed E-state index contributed by atoms with van der Waals surface area (Å²) in [6.45, 7) is 3.57. The molecule has 0 aliphatic rings. The van der Waals surface area contributed by atoms with E-state index in [1.165, 1.54) is 0 Å². The highest BCUT2D eigenvalue weighted by atomic mass is 15.1. The molecular weight excluding hydrogens is 186 g/mol. The molecule has 0 radical (unpaired) electrons. The molecule has 2 N–H and O–H groups in total. The first-order valence-electron chi connectivity index (χ1n) is 5.06. The second-order valence-electron chi connectivity index (χ2n) is 3.81. The van der Waals surface area contributed by atoms with E-state index in [2.05, 4.69) is 17.9 Å². The van der Waals surface area contributed by atoms with Crippen LogP contribution in [0.1, 0.15) is 18.1 Å². The van der Waals surface area contributed by atoms with E-state index in [9.17, 15) is 0 Å². The van der Waals surface area contributed by atoms with Gasteiger partial charge in [0, 0.05) is 19.1 Å². The van der Waals surface area contributed by atoms with Crippen molar-refractivity contribution in [1.29, 1.82) is 5.26 Å². The lowest BCUT2D eigenvalue weighted by atomic mass is 10.1. The third kappa shape index (κ3) is 3.35. The van der Waals surface area contributed by atoms with E-state index < -0.39 is 0 Å². The zero-order chi connectivity index (χ0) is 11.3. The van der Waals surface area contributed by atoms with Crippen molar-refractivity contribution in [3.8, 4) is 6.07 Å². The molecular formula is C12H17N3. The zero-order valence-electron chi connectivity index (χ0n) is 9.27. The highest BCUT2D eigenvalue weighted by molar-refractivity contribution is 5.32. The van der Waals surface area contributed by atoms with E-state index >= 15 is 0 Å². The topological polar surface area (TPSA) is 53.0 Å². The second kappa shape index (κ2) is 5.50. The lowest BCUT2D eigenvalue weighted by molar-refractivity contribution is 0.255. The maximum absolute atomic E-state index is 8.77. The SMILES string of the molecule is CC(CN)N(C)Cc1cccc(C#N)c1. The van der Waals surface area contributed by atoms with Crippen LogP contribution in [0.15, 0.2) is 24.3 Å². The Morgan fingerprint density at radius 3 is 2.87 bits per heavy atom. The fraction of sp³-hybridized carbons (Fsp3) is 0.417. The minimum Gasteiger partial charge on any atom is -0.329 e. The number of hydrogen-bond acceptors (Lipinski definition) is 3. The van der Waals surface area contributed by atoms with E-state index in [0.29, 0.717) is 18.2 Å². The van der Waals surface area contributed by atoms with Gasteiger partial charge < -0.3 is 5.73 Å². The molecule has 0 saturated carbocycles. The van der Waals surface area contributed by atoms with Crippen molar-refractivity contribution in [3.05, 3.63) is 35.4 Å². The van der Waals surface area contributed by atoms with Crippen molar-refractivity contribution in [2.45, 2.75) is 19.5 Å². The average Bonchev–Trinajstić information content (AvgIpc) is 2.28. The summed E-state index contributed by atoms with van der Waals surface area (Å²) in [4.78, 5) is 2.18. The summed E-state index contributed by atoms with van der Waals surface area (Å²) in [6, 6.07) is 10.2. The molecule has 1 aromatic carbocycles. The molecule has 1 aromatic rings. The molecule has 0 aliphatic carbocycles. The minimum absolute atomic E-state index is 0.357. The van der Waals surface area contributed by atoms with Gasteiger partial charge in [-0.15, -0.1) is 0 Å². The van der Waals surface area contributed by atoms with Gasteiger partial charge in [-0.25, -0.2) is 0 Å². The highest BCUT2D eigenvalue weighted by Crippen LogP contribution is 2.08. The minimum atomic E-state index is 0.357. The van der Waals surface area contributed by atoms with Crippen LogP contribution in [0.25, 0.3) is 0 Å². The standard InChI is InChI=1S/C12H17N3/c1-10(7-13)15(2)9-12-5-3-4-11(6-12)8-14/h3-6,10H,7,9,13H2,1-2H3. The number of nitrogens with zero attached hydrogens (tertiary/aromatic N) is 2. The van der Waals surface area contributed by atoms with Crippen molar-refractivity contribution in [2.75, 3.05) is 13.6 Å². The first-order valence-corrected chi connectivity index (χ1v) is 5.06. The van der Waals surface area contributed by atoms with Crippen molar-refractivity contribution in [1.82, 2.24) is 4.90 Å². The Hall–Kier alpha value is -1.37. The Morgan fingerprint density at radius 2 is 2.27 bits per heavy atom. The summed E-state index contributed by atoms with van der Waals surface area (Å²) in [5.41, 5.74) is 7.45. The predicted molar refractivity (Wildman–Crippen MR) is 61.1 cm³/mol. The molecule has 1 atom stereocenters. The number of hydrogen-bond donors (Lipinski definition) is 1. The van der Waals surface area contributed by atoms with Crippen LogP contribution in [0.5, 0.6) is 0 Å². The third-order valence-corrected chi connectivity index (χ3v) is 2.58. The Bertz CT molecular complexity index is 354. The molecule has 0 fully saturated rings. The highest BCUT2D eigenvalue weighted by Gasteiger charge is 2.07. The van der Waals surface area contributed by atoms with Crippen LogP contribution in [-0.2, 0) is 6.54 Å². The van der Waals surface area contributed by atoms with Crippen molar-refractivity contribution >= 4 is 0 Å². The van der Waals surface area contributed by atoms with Gasteiger partial charge in [-0.1, -0.05) is 12.1 Å². The van der Waals surface area contributed by atoms with Gasteiger partial charge in [-0.3, -0.25) is 4.90 Å². The smallest absolute Gasteiger partial charge is 0.0991 e. The van der Waals surface area contributed by atoms with E-state index in [1.54, 1.807) is 0 Å². The molecule has 0 amide bonds. The van der Waals surface area contributed by atoms with Crippen LogP contribution in [0.2, 0.25) is 0 Å². The number of nitrogens with two attached hydrogens (primary N) is 1. The van der Waals surface area contributed by atoms with Gasteiger partial charge in [0.05, 0.1) is 11.6 Å². The van der Waals surface area contributed by atoms with Crippen LogP contribution in [-0.4, -0.2) is 24.5 Å². The Kier molecular flexibility index (Phi) is 4.29. The molecule has 0 heterocycles. The molecule has 15 heavy (non-hydrogen) atoms. The summed E-state index contributed by atoms with van der Waals surface area (Å²) >= 11 is 0.